The summed E-state index contributed by atoms with van der Waals surface area (Å²) in [6, 6.07) is 6.66. The lowest BCUT2D eigenvalue weighted by atomic mass is 9.84. The van der Waals surface area contributed by atoms with Gasteiger partial charge in [-0.25, -0.2) is 9.18 Å². The van der Waals surface area contributed by atoms with Crippen LogP contribution in [0.5, 0.6) is 0 Å². The average Bonchev–Trinajstić information content (AvgIpc) is 2.59. The molecule has 0 aliphatic heterocycles. The van der Waals surface area contributed by atoms with Gasteiger partial charge < -0.3 is 15.3 Å². The first-order chi connectivity index (χ1) is 11.3. The molecule has 4 nitrogen and oxygen atoms in total. The van der Waals surface area contributed by atoms with Crippen molar-refractivity contribution in [1.82, 2.24) is 10.2 Å². The molecule has 2 amide bonds. The molecule has 0 saturated heterocycles. The SMILES string of the molecule is CN(C(=O)NCC(C)(C)c1cccc(F)c1)C1CCC(CO)CC1. The average molecular weight is 336 g/mol. The van der Waals surface area contributed by atoms with Gasteiger partial charge in [0.2, 0.25) is 0 Å². The van der Waals surface area contributed by atoms with Crippen molar-refractivity contribution in [2.45, 2.75) is 51.0 Å². The number of nitrogens with one attached hydrogen (secondary N) is 1. The predicted molar refractivity (Wildman–Crippen MR) is 93.4 cm³/mol. The van der Waals surface area contributed by atoms with Crippen molar-refractivity contribution in [3.05, 3.63) is 35.6 Å². The number of carbonyl (C=O) groups is 1. The molecule has 0 aromatic heterocycles. The van der Waals surface area contributed by atoms with Gasteiger partial charge in [-0.2, -0.15) is 0 Å². The first-order valence-electron chi connectivity index (χ1n) is 8.71. The quantitative estimate of drug-likeness (QED) is 0.867. The number of halogens is 1. The van der Waals surface area contributed by atoms with Crippen molar-refractivity contribution in [2.24, 2.45) is 5.92 Å². The Morgan fingerprint density at radius 2 is 2.00 bits per heavy atom. The van der Waals surface area contributed by atoms with Crippen LogP contribution in [-0.2, 0) is 5.41 Å². The standard InChI is InChI=1S/C19H29FN2O2/c1-19(2,15-5-4-6-16(20)11-15)13-21-18(24)22(3)17-9-7-14(12-23)8-10-17/h4-6,11,14,17,23H,7-10,12-13H2,1-3H3,(H,21,24). The Morgan fingerprint density at radius 1 is 1.33 bits per heavy atom. The molecule has 0 unspecified atom stereocenters. The molecule has 0 bridgehead atoms. The van der Waals surface area contributed by atoms with Crippen LogP contribution in [0.4, 0.5) is 9.18 Å². The number of hydrogen-bond donors (Lipinski definition) is 2. The summed E-state index contributed by atoms with van der Waals surface area (Å²) in [6.45, 7) is 4.68. The number of carbonyl (C=O) groups excluding carboxylic acids is 1. The number of amides is 2. The van der Waals surface area contributed by atoms with Crippen LogP contribution in [0.2, 0.25) is 0 Å². The van der Waals surface area contributed by atoms with E-state index >= 15 is 0 Å². The smallest absolute Gasteiger partial charge is 0.317 e. The Kier molecular flexibility index (Phi) is 6.21. The van der Waals surface area contributed by atoms with Gasteiger partial charge in [0, 0.05) is 31.7 Å². The lowest BCUT2D eigenvalue weighted by Gasteiger charge is -2.35. The molecule has 1 fully saturated rings. The highest BCUT2D eigenvalue weighted by atomic mass is 19.1. The van der Waals surface area contributed by atoms with E-state index < -0.39 is 0 Å². The van der Waals surface area contributed by atoms with Crippen LogP contribution >= 0.6 is 0 Å². The van der Waals surface area contributed by atoms with Gasteiger partial charge in [0.05, 0.1) is 0 Å². The minimum atomic E-state index is -0.340. The topological polar surface area (TPSA) is 52.6 Å². The summed E-state index contributed by atoms with van der Waals surface area (Å²) >= 11 is 0. The van der Waals surface area contributed by atoms with Gasteiger partial charge in [0.15, 0.2) is 0 Å². The Balaban J connectivity index is 1.88. The Bertz CT molecular complexity index is 554. The number of aliphatic hydroxyl groups is 1. The predicted octanol–water partition coefficient (Wildman–Crippen LogP) is 3.30. The second kappa shape index (κ2) is 7.97. The third-order valence-electron chi connectivity index (χ3n) is 5.23. The number of nitrogens with zero attached hydrogens (tertiary/aromatic N) is 1. The van der Waals surface area contributed by atoms with E-state index in [1.54, 1.807) is 11.0 Å². The highest BCUT2D eigenvalue weighted by Gasteiger charge is 2.28. The Hall–Kier alpha value is -1.62. The molecule has 1 aliphatic carbocycles. The van der Waals surface area contributed by atoms with Crippen molar-refractivity contribution in [3.63, 3.8) is 0 Å². The van der Waals surface area contributed by atoms with E-state index in [1.165, 1.54) is 12.1 Å². The third kappa shape index (κ3) is 4.69. The van der Waals surface area contributed by atoms with E-state index in [1.807, 2.05) is 27.0 Å². The van der Waals surface area contributed by atoms with E-state index in [-0.39, 0.29) is 29.9 Å². The summed E-state index contributed by atoms with van der Waals surface area (Å²) < 4.78 is 13.4. The zero-order chi connectivity index (χ0) is 17.7. The largest absolute Gasteiger partial charge is 0.396 e. The van der Waals surface area contributed by atoms with Crippen LogP contribution < -0.4 is 5.32 Å². The minimum absolute atomic E-state index is 0.0908. The summed E-state index contributed by atoms with van der Waals surface area (Å²) in [4.78, 5) is 14.2. The van der Waals surface area contributed by atoms with Gasteiger partial charge in [-0.1, -0.05) is 26.0 Å². The lowest BCUT2D eigenvalue weighted by Crippen LogP contribution is -2.48. The summed E-state index contributed by atoms with van der Waals surface area (Å²) in [5.41, 5.74) is 0.529. The van der Waals surface area contributed by atoms with Gasteiger partial charge in [0.25, 0.3) is 0 Å². The number of aliphatic hydroxyl groups excluding tert-OH is 1. The molecular weight excluding hydrogens is 307 g/mol. The molecule has 0 radical (unpaired) electrons. The second-order valence-corrected chi connectivity index (χ2v) is 7.52. The molecule has 1 saturated carbocycles. The van der Waals surface area contributed by atoms with Crippen molar-refractivity contribution in [3.8, 4) is 0 Å². The van der Waals surface area contributed by atoms with E-state index in [9.17, 15) is 14.3 Å². The number of urea groups is 1. The van der Waals surface area contributed by atoms with Gasteiger partial charge in [-0.15, -0.1) is 0 Å². The maximum Gasteiger partial charge on any atom is 0.317 e. The van der Waals surface area contributed by atoms with Crippen molar-refractivity contribution in [1.29, 1.82) is 0 Å². The molecule has 0 atom stereocenters. The van der Waals surface area contributed by atoms with Crippen LogP contribution in [-0.4, -0.2) is 42.3 Å². The van der Waals surface area contributed by atoms with Gasteiger partial charge in [0.1, 0.15) is 5.82 Å². The fraction of sp³-hybridized carbons (Fsp3) is 0.632. The Labute approximate surface area is 144 Å². The normalized spacial score (nSPS) is 21.4. The molecular formula is C19H29FN2O2. The molecule has 0 heterocycles. The Morgan fingerprint density at radius 3 is 2.58 bits per heavy atom. The fourth-order valence-corrected chi connectivity index (χ4v) is 3.31. The van der Waals surface area contributed by atoms with E-state index in [0.717, 1.165) is 31.2 Å². The maximum absolute atomic E-state index is 13.4. The molecule has 134 valence electrons. The van der Waals surface area contributed by atoms with Crippen molar-refractivity contribution in [2.75, 3.05) is 20.2 Å². The highest BCUT2D eigenvalue weighted by Crippen LogP contribution is 2.27. The highest BCUT2D eigenvalue weighted by molar-refractivity contribution is 5.74. The number of rotatable bonds is 5. The fourth-order valence-electron chi connectivity index (χ4n) is 3.31. The van der Waals surface area contributed by atoms with Gasteiger partial charge in [-0.05, 0) is 49.3 Å². The summed E-state index contributed by atoms with van der Waals surface area (Å²) in [5, 5.41) is 12.2. The lowest BCUT2D eigenvalue weighted by molar-refractivity contribution is 0.133. The number of benzene rings is 1. The van der Waals surface area contributed by atoms with Crippen LogP contribution in [0, 0.1) is 11.7 Å². The van der Waals surface area contributed by atoms with Crippen molar-refractivity contribution < 1.29 is 14.3 Å². The van der Waals surface area contributed by atoms with Crippen molar-refractivity contribution >= 4 is 6.03 Å². The van der Waals surface area contributed by atoms with Gasteiger partial charge >= 0.3 is 6.03 Å². The van der Waals surface area contributed by atoms with Crippen LogP contribution in [0.1, 0.15) is 45.1 Å². The van der Waals surface area contributed by atoms with E-state index in [4.69, 9.17) is 0 Å². The number of hydrogen-bond acceptors (Lipinski definition) is 2. The van der Waals surface area contributed by atoms with E-state index in [2.05, 4.69) is 5.32 Å². The molecule has 24 heavy (non-hydrogen) atoms. The second-order valence-electron chi connectivity index (χ2n) is 7.52. The molecule has 0 spiro atoms. The first-order valence-corrected chi connectivity index (χ1v) is 8.71. The molecule has 5 heteroatoms. The zero-order valence-electron chi connectivity index (χ0n) is 14.9. The third-order valence-corrected chi connectivity index (χ3v) is 5.23. The molecule has 1 aromatic rings. The van der Waals surface area contributed by atoms with Crippen LogP contribution in [0.15, 0.2) is 24.3 Å². The summed E-state index contributed by atoms with van der Waals surface area (Å²) in [6.07, 6.45) is 3.80. The monoisotopic (exact) mass is 336 g/mol. The zero-order valence-corrected chi connectivity index (χ0v) is 14.9. The molecule has 1 aliphatic rings. The summed E-state index contributed by atoms with van der Waals surface area (Å²) in [5.74, 6) is 0.120. The van der Waals surface area contributed by atoms with Crippen LogP contribution in [0.3, 0.4) is 0 Å². The first kappa shape index (κ1) is 18.7. The molecule has 1 aromatic carbocycles. The van der Waals surface area contributed by atoms with Gasteiger partial charge in [-0.3, -0.25) is 0 Å². The molecule has 2 rings (SSSR count). The molecule has 2 N–H and O–H groups in total. The maximum atomic E-state index is 13.4. The van der Waals surface area contributed by atoms with E-state index in [0.29, 0.717) is 12.5 Å². The minimum Gasteiger partial charge on any atom is -0.396 e. The summed E-state index contributed by atoms with van der Waals surface area (Å²) in [7, 11) is 1.83. The van der Waals surface area contributed by atoms with Crippen LogP contribution in [0.25, 0.3) is 0 Å².